The molecule has 2 N–H and O–H groups in total. The van der Waals surface area contributed by atoms with Gasteiger partial charge in [-0.15, -0.1) is 0 Å². The summed E-state index contributed by atoms with van der Waals surface area (Å²) < 4.78 is 68.4. The highest BCUT2D eigenvalue weighted by Gasteiger charge is 2.42. The van der Waals surface area contributed by atoms with Crippen molar-refractivity contribution < 1.29 is 26.7 Å². The van der Waals surface area contributed by atoms with E-state index in [4.69, 9.17) is 0 Å². The Kier molecular flexibility index (Phi) is 8.20. The Balaban J connectivity index is 1.21. The number of aryl methyl sites for hydroxylation is 1. The van der Waals surface area contributed by atoms with Gasteiger partial charge >= 0.3 is 6.18 Å². The quantitative estimate of drug-likeness (QED) is 0.294. The number of anilines is 1. The number of fused-ring (bicyclic) bond motifs is 1. The third kappa shape index (κ3) is 6.64. The van der Waals surface area contributed by atoms with Crippen molar-refractivity contribution in [2.24, 2.45) is 0 Å². The van der Waals surface area contributed by atoms with Gasteiger partial charge in [-0.25, -0.2) is 18.7 Å². The van der Waals surface area contributed by atoms with Crippen molar-refractivity contribution in [2.75, 3.05) is 24.5 Å². The molecule has 0 saturated carbocycles. The standard InChI is InChI=1S/C29H29F5N6O/c1-18(20-5-7-21(8-6-20)39-14-13-35-25(17-39)29(32,33)34)37-27(41)11-10-26-38-24-3-2-12-36-28(24)40(26)16-19-4-9-22(30)23(31)15-19/h2-9,12,15,18,25,35H,10-11,13-14,16-17H2,1H3,(H,37,41). The number of carbonyl (C=O) groups is 1. The van der Waals surface area contributed by atoms with Gasteiger partial charge < -0.3 is 20.1 Å². The van der Waals surface area contributed by atoms with Crippen LogP contribution in [0.3, 0.4) is 0 Å². The number of carbonyl (C=O) groups excluding carboxylic acids is 1. The number of alkyl halides is 3. The fourth-order valence-corrected chi connectivity index (χ4v) is 4.98. The van der Waals surface area contributed by atoms with Crippen molar-refractivity contribution in [3.8, 4) is 0 Å². The molecule has 0 radical (unpaired) electrons. The molecule has 2 unspecified atom stereocenters. The number of pyridine rings is 1. The number of imidazole rings is 1. The molecular weight excluding hydrogens is 543 g/mol. The highest BCUT2D eigenvalue weighted by atomic mass is 19.4. The summed E-state index contributed by atoms with van der Waals surface area (Å²) >= 11 is 0. The fourth-order valence-electron chi connectivity index (χ4n) is 4.98. The number of amides is 1. The Morgan fingerprint density at radius 1 is 1.12 bits per heavy atom. The minimum atomic E-state index is -4.31. The van der Waals surface area contributed by atoms with Crippen LogP contribution in [0.1, 0.15) is 36.3 Å². The van der Waals surface area contributed by atoms with Crippen LogP contribution in [0.25, 0.3) is 11.2 Å². The maximum atomic E-state index is 13.8. The van der Waals surface area contributed by atoms with Crippen LogP contribution in [0, 0.1) is 11.6 Å². The summed E-state index contributed by atoms with van der Waals surface area (Å²) in [5.74, 6) is -1.50. The van der Waals surface area contributed by atoms with E-state index in [0.717, 1.165) is 17.7 Å². The number of hydrogen-bond acceptors (Lipinski definition) is 5. The first kappa shape index (κ1) is 28.5. The van der Waals surface area contributed by atoms with E-state index in [1.165, 1.54) is 6.07 Å². The van der Waals surface area contributed by atoms with Crippen LogP contribution >= 0.6 is 0 Å². The van der Waals surface area contributed by atoms with Gasteiger partial charge in [-0.1, -0.05) is 18.2 Å². The van der Waals surface area contributed by atoms with E-state index < -0.39 is 23.9 Å². The van der Waals surface area contributed by atoms with E-state index in [0.29, 0.717) is 41.2 Å². The Hall–Kier alpha value is -4.06. The lowest BCUT2D eigenvalue weighted by Crippen LogP contribution is -2.57. The average Bonchev–Trinajstić information content (AvgIpc) is 3.30. The third-order valence-corrected chi connectivity index (χ3v) is 7.19. The second kappa shape index (κ2) is 11.8. The molecule has 2 aromatic heterocycles. The summed E-state index contributed by atoms with van der Waals surface area (Å²) in [6, 6.07) is 12.5. The smallest absolute Gasteiger partial charge is 0.368 e. The fraction of sp³-hybridized carbons (Fsp3) is 0.345. The van der Waals surface area contributed by atoms with E-state index in [1.807, 2.05) is 6.92 Å². The summed E-state index contributed by atoms with van der Waals surface area (Å²) in [5, 5.41) is 5.46. The van der Waals surface area contributed by atoms with Gasteiger partial charge in [0, 0.05) is 44.4 Å². The predicted octanol–water partition coefficient (Wildman–Crippen LogP) is 4.91. The molecule has 2 aromatic carbocycles. The van der Waals surface area contributed by atoms with Crippen LogP contribution in [-0.2, 0) is 17.8 Å². The van der Waals surface area contributed by atoms with Gasteiger partial charge in [0.1, 0.15) is 17.4 Å². The number of halogens is 5. The lowest BCUT2D eigenvalue weighted by molar-refractivity contribution is -0.155. The Labute approximate surface area is 233 Å². The molecule has 1 fully saturated rings. The van der Waals surface area contributed by atoms with Crippen molar-refractivity contribution in [3.63, 3.8) is 0 Å². The highest BCUT2D eigenvalue weighted by molar-refractivity contribution is 5.77. The molecule has 216 valence electrons. The molecule has 12 heteroatoms. The van der Waals surface area contributed by atoms with Gasteiger partial charge in [0.15, 0.2) is 17.3 Å². The lowest BCUT2D eigenvalue weighted by atomic mass is 10.1. The SMILES string of the molecule is CC(NC(=O)CCc1nc2cccnc2n1Cc1ccc(F)c(F)c1)c1ccc(N2CCNC(C(F)(F)F)C2)cc1. The summed E-state index contributed by atoms with van der Waals surface area (Å²) in [5.41, 5.74) is 3.25. The molecule has 0 spiro atoms. The van der Waals surface area contributed by atoms with Gasteiger partial charge in [0.2, 0.25) is 5.91 Å². The number of hydrogen-bond donors (Lipinski definition) is 2. The van der Waals surface area contributed by atoms with Crippen molar-refractivity contribution in [3.05, 3.63) is 89.4 Å². The molecule has 3 heterocycles. The molecule has 0 aliphatic carbocycles. The molecule has 41 heavy (non-hydrogen) atoms. The largest absolute Gasteiger partial charge is 0.405 e. The van der Waals surface area contributed by atoms with Crippen molar-refractivity contribution in [1.82, 2.24) is 25.2 Å². The van der Waals surface area contributed by atoms with E-state index >= 15 is 0 Å². The Bertz CT molecular complexity index is 1520. The molecule has 0 bridgehead atoms. The zero-order valence-electron chi connectivity index (χ0n) is 22.3. The molecule has 1 saturated heterocycles. The molecule has 1 amide bonds. The second-order valence-corrected chi connectivity index (χ2v) is 10.1. The number of benzene rings is 2. The van der Waals surface area contributed by atoms with Gasteiger partial charge in [-0.3, -0.25) is 4.79 Å². The van der Waals surface area contributed by atoms with Crippen molar-refractivity contribution in [1.29, 1.82) is 0 Å². The monoisotopic (exact) mass is 572 g/mol. The van der Waals surface area contributed by atoms with Gasteiger partial charge in [0.25, 0.3) is 0 Å². The van der Waals surface area contributed by atoms with E-state index in [9.17, 15) is 26.7 Å². The summed E-state index contributed by atoms with van der Waals surface area (Å²) in [6.45, 7) is 2.59. The molecular formula is C29H29F5N6O. The normalized spacial score (nSPS) is 16.6. The second-order valence-electron chi connectivity index (χ2n) is 10.1. The van der Waals surface area contributed by atoms with Crippen LogP contribution in [0.4, 0.5) is 27.6 Å². The first-order chi connectivity index (χ1) is 19.6. The Morgan fingerprint density at radius 2 is 1.90 bits per heavy atom. The predicted molar refractivity (Wildman–Crippen MR) is 144 cm³/mol. The number of nitrogens with one attached hydrogen (secondary N) is 2. The molecule has 1 aliphatic rings. The highest BCUT2D eigenvalue weighted by Crippen LogP contribution is 2.26. The molecule has 5 rings (SSSR count). The zero-order valence-corrected chi connectivity index (χ0v) is 22.3. The summed E-state index contributed by atoms with van der Waals surface area (Å²) in [6.07, 6.45) is -2.27. The molecule has 1 aliphatic heterocycles. The molecule has 7 nitrogen and oxygen atoms in total. The minimum absolute atomic E-state index is 0.128. The number of piperazine rings is 1. The van der Waals surface area contributed by atoms with E-state index in [-0.39, 0.29) is 38.0 Å². The van der Waals surface area contributed by atoms with Crippen LogP contribution in [0.5, 0.6) is 0 Å². The topological polar surface area (TPSA) is 75.1 Å². The van der Waals surface area contributed by atoms with Gasteiger partial charge in [-0.2, -0.15) is 13.2 Å². The molecule has 2 atom stereocenters. The van der Waals surface area contributed by atoms with Crippen LogP contribution in [-0.4, -0.2) is 52.3 Å². The van der Waals surface area contributed by atoms with E-state index in [1.54, 1.807) is 52.1 Å². The first-order valence-electron chi connectivity index (χ1n) is 13.3. The first-order valence-corrected chi connectivity index (χ1v) is 13.3. The maximum absolute atomic E-state index is 13.8. The summed E-state index contributed by atoms with van der Waals surface area (Å²) in [7, 11) is 0. The van der Waals surface area contributed by atoms with Crippen LogP contribution in [0.15, 0.2) is 60.8 Å². The number of rotatable bonds is 8. The third-order valence-electron chi connectivity index (χ3n) is 7.19. The molecule has 4 aromatic rings. The van der Waals surface area contributed by atoms with Gasteiger partial charge in [0.05, 0.1) is 12.6 Å². The van der Waals surface area contributed by atoms with Crippen LogP contribution in [0.2, 0.25) is 0 Å². The average molecular weight is 573 g/mol. The van der Waals surface area contributed by atoms with Gasteiger partial charge in [-0.05, 0) is 54.4 Å². The number of aromatic nitrogens is 3. The van der Waals surface area contributed by atoms with E-state index in [2.05, 4.69) is 20.6 Å². The minimum Gasteiger partial charge on any atom is -0.368 e. The maximum Gasteiger partial charge on any atom is 0.405 e. The van der Waals surface area contributed by atoms with Crippen molar-refractivity contribution in [2.45, 2.75) is 44.6 Å². The van der Waals surface area contributed by atoms with Crippen LogP contribution < -0.4 is 15.5 Å². The Morgan fingerprint density at radius 3 is 2.63 bits per heavy atom. The lowest BCUT2D eigenvalue weighted by Gasteiger charge is -2.36. The van der Waals surface area contributed by atoms with Crippen molar-refractivity contribution >= 4 is 22.8 Å². The number of nitrogens with zero attached hydrogens (tertiary/aromatic N) is 4. The summed E-state index contributed by atoms with van der Waals surface area (Å²) in [4.78, 5) is 23.5. The zero-order chi connectivity index (χ0) is 29.1.